The van der Waals surface area contributed by atoms with Crippen molar-refractivity contribution in [3.05, 3.63) is 29.3 Å². The standard InChI is InChI=1S/C19H25F4NO2/c1-18(2,3)12-4-5-16(14(8-12)19(21,22)23)26-17-6-7-24(9-15(17)20)13-10-25-11-13/h4-5,8,13,15,17H,6-7,9-11H2,1-3H3/t15-,17-/m1/s1. The summed E-state index contributed by atoms with van der Waals surface area (Å²) in [7, 11) is 0. The molecule has 0 spiro atoms. The summed E-state index contributed by atoms with van der Waals surface area (Å²) in [4.78, 5) is 1.99. The van der Waals surface area contributed by atoms with Gasteiger partial charge in [0.1, 0.15) is 18.0 Å². The van der Waals surface area contributed by atoms with Crippen LogP contribution >= 0.6 is 0 Å². The summed E-state index contributed by atoms with van der Waals surface area (Å²) in [6.45, 7) is 7.48. The average molecular weight is 375 g/mol. The van der Waals surface area contributed by atoms with E-state index in [1.165, 1.54) is 6.07 Å². The van der Waals surface area contributed by atoms with Crippen LogP contribution in [0.3, 0.4) is 0 Å². The third kappa shape index (κ3) is 4.14. The van der Waals surface area contributed by atoms with Crippen molar-refractivity contribution in [3.63, 3.8) is 0 Å². The first kappa shape index (κ1) is 19.4. The zero-order valence-corrected chi connectivity index (χ0v) is 15.3. The van der Waals surface area contributed by atoms with Gasteiger partial charge in [0.2, 0.25) is 0 Å². The van der Waals surface area contributed by atoms with Crippen molar-refractivity contribution < 1.29 is 27.0 Å². The minimum Gasteiger partial charge on any atom is -0.487 e. The monoisotopic (exact) mass is 375 g/mol. The normalized spacial score (nSPS) is 25.8. The largest absolute Gasteiger partial charge is 0.487 e. The van der Waals surface area contributed by atoms with Crippen LogP contribution in [0.1, 0.15) is 38.3 Å². The SMILES string of the molecule is CC(C)(C)c1ccc(O[C@@H]2CCN(C3COC3)C[C@H]2F)c(C(F)(F)F)c1. The molecule has 2 aliphatic rings. The van der Waals surface area contributed by atoms with Crippen molar-refractivity contribution in [3.8, 4) is 5.75 Å². The Hall–Kier alpha value is -1.34. The van der Waals surface area contributed by atoms with E-state index >= 15 is 0 Å². The summed E-state index contributed by atoms with van der Waals surface area (Å²) >= 11 is 0. The number of nitrogens with zero attached hydrogens (tertiary/aromatic N) is 1. The molecular formula is C19H25F4NO2. The Morgan fingerprint density at radius 1 is 1.15 bits per heavy atom. The second-order valence-corrected chi connectivity index (χ2v) is 8.11. The molecule has 2 heterocycles. The summed E-state index contributed by atoms with van der Waals surface area (Å²) < 4.78 is 65.6. The van der Waals surface area contributed by atoms with Gasteiger partial charge in [-0.3, -0.25) is 4.90 Å². The first-order valence-electron chi connectivity index (χ1n) is 8.90. The fraction of sp³-hybridized carbons (Fsp3) is 0.684. The van der Waals surface area contributed by atoms with Gasteiger partial charge in [-0.15, -0.1) is 0 Å². The van der Waals surface area contributed by atoms with Crippen molar-refractivity contribution in [2.45, 2.75) is 57.1 Å². The van der Waals surface area contributed by atoms with Crippen LogP contribution in [0.5, 0.6) is 5.75 Å². The quantitative estimate of drug-likeness (QED) is 0.740. The molecule has 2 saturated heterocycles. The summed E-state index contributed by atoms with van der Waals surface area (Å²) in [5.74, 6) is -0.293. The molecule has 0 aliphatic carbocycles. The Morgan fingerprint density at radius 2 is 1.85 bits per heavy atom. The Kier molecular flexibility index (Phi) is 5.23. The van der Waals surface area contributed by atoms with E-state index < -0.39 is 29.4 Å². The van der Waals surface area contributed by atoms with Crippen LogP contribution in [0.4, 0.5) is 17.6 Å². The van der Waals surface area contributed by atoms with Crippen molar-refractivity contribution in [1.29, 1.82) is 0 Å². The fourth-order valence-corrected chi connectivity index (χ4v) is 3.29. The maximum Gasteiger partial charge on any atom is 0.419 e. The van der Waals surface area contributed by atoms with Crippen LogP contribution in [0.15, 0.2) is 18.2 Å². The van der Waals surface area contributed by atoms with Crippen molar-refractivity contribution in [2.24, 2.45) is 0 Å². The molecule has 2 atom stereocenters. The average Bonchev–Trinajstić information content (AvgIpc) is 2.46. The molecule has 1 aromatic rings. The number of rotatable bonds is 3. The zero-order chi connectivity index (χ0) is 19.1. The van der Waals surface area contributed by atoms with E-state index in [4.69, 9.17) is 9.47 Å². The van der Waals surface area contributed by atoms with Gasteiger partial charge in [-0.2, -0.15) is 13.2 Å². The third-order valence-corrected chi connectivity index (χ3v) is 5.08. The Labute approximate surface area is 151 Å². The fourth-order valence-electron chi connectivity index (χ4n) is 3.29. The number of piperidine rings is 1. The summed E-state index contributed by atoms with van der Waals surface area (Å²) in [5, 5.41) is 0. The van der Waals surface area contributed by atoms with Gasteiger partial charge in [-0.1, -0.05) is 26.8 Å². The highest BCUT2D eigenvalue weighted by Gasteiger charge is 2.39. The van der Waals surface area contributed by atoms with Crippen LogP contribution < -0.4 is 4.74 Å². The summed E-state index contributed by atoms with van der Waals surface area (Å²) in [5.41, 5.74) is -0.696. The van der Waals surface area contributed by atoms with Crippen molar-refractivity contribution >= 4 is 0 Å². The second kappa shape index (κ2) is 7.00. The topological polar surface area (TPSA) is 21.7 Å². The lowest BCUT2D eigenvalue weighted by Gasteiger charge is -2.42. The van der Waals surface area contributed by atoms with E-state index in [2.05, 4.69) is 0 Å². The van der Waals surface area contributed by atoms with Crippen molar-refractivity contribution in [1.82, 2.24) is 4.90 Å². The highest BCUT2D eigenvalue weighted by Crippen LogP contribution is 2.40. The highest BCUT2D eigenvalue weighted by molar-refractivity contribution is 5.41. The molecule has 3 nitrogen and oxygen atoms in total. The van der Waals surface area contributed by atoms with E-state index in [1.54, 1.807) is 6.07 Å². The van der Waals surface area contributed by atoms with Gasteiger partial charge in [0.05, 0.1) is 24.8 Å². The van der Waals surface area contributed by atoms with Gasteiger partial charge in [0.15, 0.2) is 0 Å². The van der Waals surface area contributed by atoms with Gasteiger partial charge in [0.25, 0.3) is 0 Å². The molecule has 0 N–H and O–H groups in total. The number of hydrogen-bond donors (Lipinski definition) is 0. The first-order valence-corrected chi connectivity index (χ1v) is 8.90. The van der Waals surface area contributed by atoms with Gasteiger partial charge >= 0.3 is 6.18 Å². The molecule has 0 amide bonds. The summed E-state index contributed by atoms with van der Waals surface area (Å²) in [6, 6.07) is 4.27. The number of likely N-dealkylation sites (tertiary alicyclic amines) is 1. The van der Waals surface area contributed by atoms with Crippen LogP contribution in [0.25, 0.3) is 0 Å². The predicted molar refractivity (Wildman–Crippen MR) is 90.3 cm³/mol. The van der Waals surface area contributed by atoms with Crippen LogP contribution in [-0.2, 0) is 16.3 Å². The number of hydrogen-bond acceptors (Lipinski definition) is 3. The lowest BCUT2D eigenvalue weighted by molar-refractivity contribution is -0.140. The third-order valence-electron chi connectivity index (χ3n) is 5.08. The molecule has 0 bridgehead atoms. The molecule has 0 aromatic heterocycles. The van der Waals surface area contributed by atoms with E-state index in [9.17, 15) is 17.6 Å². The van der Waals surface area contributed by atoms with E-state index in [1.807, 2.05) is 25.7 Å². The predicted octanol–water partition coefficient (Wildman–Crippen LogP) is 4.19. The number of ether oxygens (including phenoxy) is 2. The molecule has 7 heteroatoms. The zero-order valence-electron chi connectivity index (χ0n) is 15.3. The Bertz CT molecular complexity index is 637. The maximum atomic E-state index is 14.5. The molecule has 146 valence electrons. The van der Waals surface area contributed by atoms with Gasteiger partial charge < -0.3 is 9.47 Å². The van der Waals surface area contributed by atoms with E-state index in [0.717, 1.165) is 6.07 Å². The Balaban J connectivity index is 1.76. The smallest absolute Gasteiger partial charge is 0.419 e. The maximum absolute atomic E-state index is 14.5. The van der Waals surface area contributed by atoms with E-state index in [-0.39, 0.29) is 18.3 Å². The minimum atomic E-state index is -4.55. The molecule has 3 rings (SSSR count). The first-order chi connectivity index (χ1) is 12.1. The van der Waals surface area contributed by atoms with Gasteiger partial charge in [-0.25, -0.2) is 4.39 Å². The molecule has 2 aliphatic heterocycles. The number of halogens is 4. The molecule has 26 heavy (non-hydrogen) atoms. The number of alkyl halides is 4. The van der Waals surface area contributed by atoms with Crippen LogP contribution in [0.2, 0.25) is 0 Å². The summed E-state index contributed by atoms with van der Waals surface area (Å²) in [6.07, 6.45) is -6.39. The van der Waals surface area contributed by atoms with Gasteiger partial charge in [0, 0.05) is 13.1 Å². The Morgan fingerprint density at radius 3 is 2.35 bits per heavy atom. The molecular weight excluding hydrogens is 350 g/mol. The number of benzene rings is 1. The van der Waals surface area contributed by atoms with E-state index in [0.29, 0.717) is 31.7 Å². The highest BCUT2D eigenvalue weighted by atomic mass is 19.4. The second-order valence-electron chi connectivity index (χ2n) is 8.11. The molecule has 1 aromatic carbocycles. The van der Waals surface area contributed by atoms with Crippen LogP contribution in [-0.4, -0.2) is 49.5 Å². The van der Waals surface area contributed by atoms with Crippen LogP contribution in [0, 0.1) is 0 Å². The molecule has 0 unspecified atom stereocenters. The lowest BCUT2D eigenvalue weighted by atomic mass is 9.86. The minimum absolute atomic E-state index is 0.167. The molecule has 2 fully saturated rings. The van der Waals surface area contributed by atoms with Gasteiger partial charge in [-0.05, 0) is 29.5 Å². The lowest BCUT2D eigenvalue weighted by Crippen LogP contribution is -2.56. The molecule has 0 saturated carbocycles. The van der Waals surface area contributed by atoms with Crippen molar-refractivity contribution in [2.75, 3.05) is 26.3 Å². The molecule has 0 radical (unpaired) electrons.